The van der Waals surface area contributed by atoms with Crippen molar-refractivity contribution in [3.63, 3.8) is 0 Å². The molecule has 1 aromatic heterocycles. The summed E-state index contributed by atoms with van der Waals surface area (Å²) in [5.74, 6) is 0.232. The Balaban J connectivity index is 2.75. The number of Topliss-reactive ketones (excluding diaryl/α,β-unsaturated/α-hetero) is 1. The van der Waals surface area contributed by atoms with Gasteiger partial charge < -0.3 is 0 Å². The number of ketones is 1. The average Bonchev–Trinajstić information content (AvgIpc) is 2.42. The third-order valence-electron chi connectivity index (χ3n) is 2.54. The summed E-state index contributed by atoms with van der Waals surface area (Å²) in [6.45, 7) is 7.80. The van der Waals surface area contributed by atoms with E-state index in [-0.39, 0.29) is 16.0 Å². The van der Waals surface area contributed by atoms with Crippen molar-refractivity contribution >= 4 is 21.7 Å². The Labute approximate surface area is 105 Å². The number of rotatable bonds is 3. The second-order valence-electron chi connectivity index (χ2n) is 5.20. The van der Waals surface area contributed by atoms with Gasteiger partial charge in [0.2, 0.25) is 0 Å². The lowest BCUT2D eigenvalue weighted by atomic mass is 9.87. The first-order chi connectivity index (χ1) is 7.21. The van der Waals surface area contributed by atoms with Crippen molar-refractivity contribution in [1.82, 2.24) is 9.78 Å². The normalized spacial score (nSPS) is 13.9. The van der Waals surface area contributed by atoms with E-state index in [1.807, 2.05) is 40.9 Å². The zero-order valence-corrected chi connectivity index (χ0v) is 12.1. The van der Waals surface area contributed by atoms with E-state index in [2.05, 4.69) is 21.0 Å². The standard InChI is InChI=1S/C12H19BrN2O/c1-8-9(7-15(5)14-8)6-10(13)11(16)12(2,3)4/h7,10H,6H2,1-5H3. The summed E-state index contributed by atoms with van der Waals surface area (Å²) < 4.78 is 1.78. The third kappa shape index (κ3) is 3.17. The predicted octanol–water partition coefficient (Wildman–Crippen LogP) is 2.65. The molecule has 90 valence electrons. The van der Waals surface area contributed by atoms with Crippen LogP contribution in [-0.4, -0.2) is 20.4 Å². The van der Waals surface area contributed by atoms with Crippen LogP contribution in [0.5, 0.6) is 0 Å². The second kappa shape index (κ2) is 4.70. The molecule has 0 aliphatic heterocycles. The van der Waals surface area contributed by atoms with Gasteiger partial charge in [-0.3, -0.25) is 9.48 Å². The molecule has 0 saturated heterocycles. The Hall–Kier alpha value is -0.640. The molecule has 1 rings (SSSR count). The van der Waals surface area contributed by atoms with Crippen molar-refractivity contribution in [2.45, 2.75) is 38.9 Å². The van der Waals surface area contributed by atoms with E-state index in [4.69, 9.17) is 0 Å². The molecule has 0 amide bonds. The van der Waals surface area contributed by atoms with Crippen LogP contribution >= 0.6 is 15.9 Å². The molecule has 0 spiro atoms. The fraction of sp³-hybridized carbons (Fsp3) is 0.667. The van der Waals surface area contributed by atoms with Gasteiger partial charge in [-0.2, -0.15) is 5.10 Å². The Morgan fingerprint density at radius 1 is 1.56 bits per heavy atom. The van der Waals surface area contributed by atoms with Crippen LogP contribution in [0.2, 0.25) is 0 Å². The number of nitrogens with zero attached hydrogens (tertiary/aromatic N) is 2. The average molecular weight is 287 g/mol. The van der Waals surface area contributed by atoms with Gasteiger partial charge in [-0.05, 0) is 18.9 Å². The number of carbonyl (C=O) groups excluding carboxylic acids is 1. The fourth-order valence-electron chi connectivity index (χ4n) is 1.60. The van der Waals surface area contributed by atoms with Crippen molar-refractivity contribution in [3.8, 4) is 0 Å². The molecule has 0 aliphatic rings. The Bertz CT molecular complexity index is 390. The van der Waals surface area contributed by atoms with Crippen molar-refractivity contribution in [2.24, 2.45) is 12.5 Å². The van der Waals surface area contributed by atoms with Gasteiger partial charge in [0.25, 0.3) is 0 Å². The lowest BCUT2D eigenvalue weighted by molar-refractivity contribution is -0.125. The molecule has 0 N–H and O–H groups in total. The van der Waals surface area contributed by atoms with Crippen LogP contribution in [0.25, 0.3) is 0 Å². The van der Waals surface area contributed by atoms with E-state index in [1.165, 1.54) is 0 Å². The molecule has 1 heterocycles. The minimum atomic E-state index is -0.301. The summed E-state index contributed by atoms with van der Waals surface area (Å²) in [5.41, 5.74) is 1.82. The molecule has 0 aliphatic carbocycles. The van der Waals surface area contributed by atoms with Crippen molar-refractivity contribution in [1.29, 1.82) is 0 Å². The highest BCUT2D eigenvalue weighted by Gasteiger charge is 2.28. The minimum absolute atomic E-state index is 0.129. The third-order valence-corrected chi connectivity index (χ3v) is 3.28. The van der Waals surface area contributed by atoms with Gasteiger partial charge in [-0.15, -0.1) is 0 Å². The summed E-state index contributed by atoms with van der Waals surface area (Å²) in [5, 5.41) is 4.27. The molecule has 0 bridgehead atoms. The number of carbonyl (C=O) groups is 1. The second-order valence-corrected chi connectivity index (χ2v) is 6.30. The van der Waals surface area contributed by atoms with Crippen LogP contribution in [0.15, 0.2) is 6.20 Å². The van der Waals surface area contributed by atoms with Crippen LogP contribution in [0.3, 0.4) is 0 Å². The first-order valence-corrected chi connectivity index (χ1v) is 6.31. The topological polar surface area (TPSA) is 34.9 Å². The van der Waals surface area contributed by atoms with E-state index in [0.29, 0.717) is 6.42 Å². The Morgan fingerprint density at radius 2 is 2.12 bits per heavy atom. The van der Waals surface area contributed by atoms with Gasteiger partial charge in [0.05, 0.1) is 10.5 Å². The van der Waals surface area contributed by atoms with Gasteiger partial charge in [-0.1, -0.05) is 36.7 Å². The smallest absolute Gasteiger partial charge is 0.152 e. The summed E-state index contributed by atoms with van der Waals surface area (Å²) in [6, 6.07) is 0. The molecule has 0 radical (unpaired) electrons. The highest BCUT2D eigenvalue weighted by molar-refractivity contribution is 9.10. The van der Waals surface area contributed by atoms with E-state index in [0.717, 1.165) is 11.3 Å². The van der Waals surface area contributed by atoms with Crippen molar-refractivity contribution in [3.05, 3.63) is 17.5 Å². The number of hydrogen-bond donors (Lipinski definition) is 0. The fourth-order valence-corrected chi connectivity index (χ4v) is 2.64. The molecule has 1 unspecified atom stereocenters. The van der Waals surface area contributed by atoms with E-state index >= 15 is 0 Å². The van der Waals surface area contributed by atoms with Crippen molar-refractivity contribution in [2.75, 3.05) is 0 Å². The maximum absolute atomic E-state index is 12.0. The molecule has 1 atom stereocenters. The molecule has 16 heavy (non-hydrogen) atoms. The SMILES string of the molecule is Cc1nn(C)cc1CC(Br)C(=O)C(C)(C)C. The van der Waals surface area contributed by atoms with Crippen LogP contribution in [-0.2, 0) is 18.3 Å². The van der Waals surface area contributed by atoms with Gasteiger partial charge in [-0.25, -0.2) is 0 Å². The van der Waals surface area contributed by atoms with E-state index < -0.39 is 0 Å². The lowest BCUT2D eigenvalue weighted by Gasteiger charge is -2.20. The number of aromatic nitrogens is 2. The first-order valence-electron chi connectivity index (χ1n) is 5.39. The zero-order valence-electron chi connectivity index (χ0n) is 10.5. The van der Waals surface area contributed by atoms with Gasteiger partial charge >= 0.3 is 0 Å². The maximum Gasteiger partial charge on any atom is 0.152 e. The van der Waals surface area contributed by atoms with Gasteiger partial charge in [0, 0.05) is 18.7 Å². The van der Waals surface area contributed by atoms with E-state index in [1.54, 1.807) is 4.68 Å². The molecular formula is C12H19BrN2O. The number of halogens is 1. The molecular weight excluding hydrogens is 268 g/mol. The van der Waals surface area contributed by atoms with Crippen LogP contribution in [0.1, 0.15) is 32.0 Å². The zero-order chi connectivity index (χ0) is 12.5. The summed E-state index contributed by atoms with van der Waals surface area (Å²) in [6.07, 6.45) is 2.68. The molecule has 4 heteroatoms. The highest BCUT2D eigenvalue weighted by Crippen LogP contribution is 2.23. The largest absolute Gasteiger partial charge is 0.298 e. The number of hydrogen-bond acceptors (Lipinski definition) is 2. The quantitative estimate of drug-likeness (QED) is 0.801. The Morgan fingerprint density at radius 3 is 2.50 bits per heavy atom. The summed E-state index contributed by atoms with van der Waals surface area (Å²) >= 11 is 3.47. The minimum Gasteiger partial charge on any atom is -0.298 e. The Kier molecular flexibility index (Phi) is 3.94. The summed E-state index contributed by atoms with van der Waals surface area (Å²) in [4.78, 5) is 11.9. The molecule has 1 aromatic rings. The lowest BCUT2D eigenvalue weighted by Crippen LogP contribution is -2.30. The number of aryl methyl sites for hydroxylation is 2. The van der Waals surface area contributed by atoms with E-state index in [9.17, 15) is 4.79 Å². The van der Waals surface area contributed by atoms with Gasteiger partial charge in [0.1, 0.15) is 0 Å². The predicted molar refractivity (Wildman–Crippen MR) is 68.8 cm³/mol. The first kappa shape index (κ1) is 13.4. The molecule has 0 fully saturated rings. The maximum atomic E-state index is 12.0. The van der Waals surface area contributed by atoms with Crippen LogP contribution in [0, 0.1) is 12.3 Å². The number of alkyl halides is 1. The summed E-state index contributed by atoms with van der Waals surface area (Å²) in [7, 11) is 1.89. The molecule has 3 nitrogen and oxygen atoms in total. The monoisotopic (exact) mass is 286 g/mol. The highest BCUT2D eigenvalue weighted by atomic mass is 79.9. The molecule has 0 saturated carbocycles. The van der Waals surface area contributed by atoms with Crippen molar-refractivity contribution < 1.29 is 4.79 Å². The molecule has 0 aromatic carbocycles. The van der Waals surface area contributed by atoms with Crippen LogP contribution in [0.4, 0.5) is 0 Å². The van der Waals surface area contributed by atoms with Crippen LogP contribution < -0.4 is 0 Å². The van der Waals surface area contributed by atoms with Gasteiger partial charge in [0.15, 0.2) is 5.78 Å².